The molecule has 1 amide bonds. The summed E-state index contributed by atoms with van der Waals surface area (Å²) < 4.78 is 12.6. The van der Waals surface area contributed by atoms with Crippen molar-refractivity contribution in [1.82, 2.24) is 9.78 Å². The van der Waals surface area contributed by atoms with Gasteiger partial charge in [0.2, 0.25) is 12.7 Å². The largest absolute Gasteiger partial charge is 0.454 e. The van der Waals surface area contributed by atoms with E-state index in [9.17, 15) is 4.79 Å². The summed E-state index contributed by atoms with van der Waals surface area (Å²) in [6.07, 6.45) is 2.17. The van der Waals surface area contributed by atoms with Crippen LogP contribution in [0, 0.1) is 0 Å². The molecule has 3 heterocycles. The average molecular weight is 334 g/mol. The van der Waals surface area contributed by atoms with Crippen LogP contribution in [0.1, 0.15) is 43.4 Å². The molecule has 0 fully saturated rings. The summed E-state index contributed by atoms with van der Waals surface area (Å²) in [5.74, 6) is 1.82. The molecule has 0 bridgehead atoms. The molecule has 0 aliphatic carbocycles. The van der Waals surface area contributed by atoms with Gasteiger partial charge in [-0.3, -0.25) is 4.79 Å². The minimum atomic E-state index is -0.0988. The number of benzene rings is 1. The molecule has 7 heteroatoms. The lowest BCUT2D eigenvalue weighted by atomic mass is 9.87. The minimum Gasteiger partial charge on any atom is -0.454 e. The smallest absolute Gasteiger partial charge is 0.231 e. The third kappa shape index (κ3) is 2.25. The highest BCUT2D eigenvalue weighted by molar-refractivity contribution is 6.32. The van der Waals surface area contributed by atoms with Crippen LogP contribution in [-0.2, 0) is 4.79 Å². The first-order chi connectivity index (χ1) is 11.0. The number of ether oxygens (including phenoxy) is 2. The van der Waals surface area contributed by atoms with Crippen LogP contribution >= 0.6 is 11.6 Å². The normalized spacial score (nSPS) is 19.0. The second-order valence-electron chi connectivity index (χ2n) is 6.03. The van der Waals surface area contributed by atoms with E-state index in [0.717, 1.165) is 16.9 Å². The number of carbonyl (C=O) groups is 1. The molecule has 0 radical (unpaired) electrons. The maximum absolute atomic E-state index is 12.2. The van der Waals surface area contributed by atoms with Crippen LogP contribution in [0.5, 0.6) is 11.5 Å². The molecule has 0 saturated carbocycles. The third-order valence-corrected chi connectivity index (χ3v) is 4.47. The summed E-state index contributed by atoms with van der Waals surface area (Å²) in [5.41, 5.74) is 1.92. The van der Waals surface area contributed by atoms with Gasteiger partial charge >= 0.3 is 0 Å². The van der Waals surface area contributed by atoms with Crippen molar-refractivity contribution in [1.29, 1.82) is 0 Å². The van der Waals surface area contributed by atoms with Crippen molar-refractivity contribution in [3.63, 3.8) is 0 Å². The Bertz CT molecular complexity index is 800. The molecule has 1 atom stereocenters. The second-order valence-corrected chi connectivity index (χ2v) is 6.44. The van der Waals surface area contributed by atoms with E-state index in [0.29, 0.717) is 22.9 Å². The highest BCUT2D eigenvalue weighted by Gasteiger charge is 2.32. The summed E-state index contributed by atoms with van der Waals surface area (Å²) in [6.45, 7) is 4.22. The fourth-order valence-corrected chi connectivity index (χ4v) is 3.39. The number of hydrogen-bond acceptors (Lipinski definition) is 4. The van der Waals surface area contributed by atoms with Gasteiger partial charge in [-0.1, -0.05) is 11.6 Å². The van der Waals surface area contributed by atoms with E-state index in [-0.39, 0.29) is 24.7 Å². The number of nitrogens with zero attached hydrogens (tertiary/aromatic N) is 2. The molecule has 0 saturated heterocycles. The molecule has 1 N–H and O–H groups in total. The zero-order chi connectivity index (χ0) is 16.1. The lowest BCUT2D eigenvalue weighted by Gasteiger charge is -2.25. The van der Waals surface area contributed by atoms with Crippen molar-refractivity contribution in [2.45, 2.75) is 32.2 Å². The van der Waals surface area contributed by atoms with Crippen molar-refractivity contribution in [2.24, 2.45) is 0 Å². The fraction of sp³-hybridized carbons (Fsp3) is 0.375. The van der Waals surface area contributed by atoms with Crippen LogP contribution in [-0.4, -0.2) is 22.5 Å². The van der Waals surface area contributed by atoms with Gasteiger partial charge in [0.15, 0.2) is 11.5 Å². The molecule has 6 nitrogen and oxygen atoms in total. The van der Waals surface area contributed by atoms with E-state index in [2.05, 4.69) is 10.4 Å². The monoisotopic (exact) mass is 333 g/mol. The molecule has 23 heavy (non-hydrogen) atoms. The van der Waals surface area contributed by atoms with Crippen LogP contribution < -0.4 is 14.8 Å². The zero-order valence-corrected chi connectivity index (χ0v) is 13.6. The van der Waals surface area contributed by atoms with Gasteiger partial charge in [0.25, 0.3) is 0 Å². The van der Waals surface area contributed by atoms with E-state index in [1.165, 1.54) is 0 Å². The molecule has 1 aromatic carbocycles. The summed E-state index contributed by atoms with van der Waals surface area (Å²) in [4.78, 5) is 12.2. The maximum Gasteiger partial charge on any atom is 0.231 e. The molecular formula is C16H16ClN3O3. The SMILES string of the molecule is CC(C)n1ncc2c1NC(=O)C[C@@H]2c1cc(Cl)c2c(c1)OCO2. The van der Waals surface area contributed by atoms with Gasteiger partial charge in [0.05, 0.1) is 11.2 Å². The lowest BCUT2D eigenvalue weighted by Crippen LogP contribution is -2.25. The van der Waals surface area contributed by atoms with Crippen molar-refractivity contribution >= 4 is 23.3 Å². The maximum atomic E-state index is 12.2. The number of nitrogens with one attached hydrogen (secondary N) is 1. The quantitative estimate of drug-likeness (QED) is 0.915. The second kappa shape index (κ2) is 5.16. The topological polar surface area (TPSA) is 65.4 Å². The van der Waals surface area contributed by atoms with E-state index >= 15 is 0 Å². The van der Waals surface area contributed by atoms with Gasteiger partial charge in [0, 0.05) is 23.9 Å². The zero-order valence-electron chi connectivity index (χ0n) is 12.8. The summed E-state index contributed by atoms with van der Waals surface area (Å²) >= 11 is 6.29. The van der Waals surface area contributed by atoms with E-state index in [4.69, 9.17) is 21.1 Å². The Morgan fingerprint density at radius 2 is 2.22 bits per heavy atom. The molecule has 2 aliphatic rings. The first-order valence-corrected chi connectivity index (χ1v) is 7.88. The van der Waals surface area contributed by atoms with Crippen LogP contribution in [0.2, 0.25) is 5.02 Å². The molecular weight excluding hydrogens is 318 g/mol. The molecule has 2 aromatic rings. The summed E-state index contributed by atoms with van der Waals surface area (Å²) in [5, 5.41) is 7.84. The van der Waals surface area contributed by atoms with Gasteiger partial charge in [0.1, 0.15) is 5.82 Å². The van der Waals surface area contributed by atoms with Gasteiger partial charge in [-0.2, -0.15) is 5.10 Å². The number of fused-ring (bicyclic) bond motifs is 2. The number of carbonyl (C=O) groups excluding carboxylic acids is 1. The standard InChI is InChI=1S/C16H16ClN3O3/c1-8(2)20-16-11(6-18-20)10(5-14(21)19-16)9-3-12(17)15-13(4-9)22-7-23-15/h3-4,6,8,10H,5,7H2,1-2H3,(H,19,21)/t10-/m1/s1. The summed E-state index contributed by atoms with van der Waals surface area (Å²) in [6, 6.07) is 3.90. The summed E-state index contributed by atoms with van der Waals surface area (Å²) in [7, 11) is 0. The predicted octanol–water partition coefficient (Wildman–Crippen LogP) is 3.32. The number of anilines is 1. The average Bonchev–Trinajstić information content (AvgIpc) is 3.12. The first kappa shape index (κ1) is 14.4. The Morgan fingerprint density at radius 3 is 3.00 bits per heavy atom. The number of aromatic nitrogens is 2. The third-order valence-electron chi connectivity index (χ3n) is 4.19. The van der Waals surface area contributed by atoms with Crippen molar-refractivity contribution in [2.75, 3.05) is 12.1 Å². The number of hydrogen-bond donors (Lipinski definition) is 1. The fourth-order valence-electron chi connectivity index (χ4n) is 3.12. The minimum absolute atomic E-state index is 0.0290. The number of rotatable bonds is 2. The number of amides is 1. The van der Waals surface area contributed by atoms with Crippen LogP contribution in [0.25, 0.3) is 0 Å². The Kier molecular flexibility index (Phi) is 3.23. The molecule has 0 unspecified atom stereocenters. The highest BCUT2D eigenvalue weighted by Crippen LogP contribution is 2.45. The lowest BCUT2D eigenvalue weighted by molar-refractivity contribution is -0.116. The Labute approximate surface area is 138 Å². The van der Waals surface area contributed by atoms with Crippen molar-refractivity contribution < 1.29 is 14.3 Å². The van der Waals surface area contributed by atoms with Crippen molar-refractivity contribution in [3.05, 3.63) is 34.5 Å². The first-order valence-electron chi connectivity index (χ1n) is 7.51. The highest BCUT2D eigenvalue weighted by atomic mass is 35.5. The Hall–Kier alpha value is -2.21. The van der Waals surface area contributed by atoms with E-state index in [1.54, 1.807) is 0 Å². The van der Waals surface area contributed by atoms with Gasteiger partial charge < -0.3 is 14.8 Å². The van der Waals surface area contributed by atoms with Crippen LogP contribution in [0.4, 0.5) is 5.82 Å². The molecule has 0 spiro atoms. The number of halogens is 1. The van der Waals surface area contributed by atoms with E-state index in [1.807, 2.05) is 36.9 Å². The van der Waals surface area contributed by atoms with Crippen LogP contribution in [0.15, 0.2) is 18.3 Å². The van der Waals surface area contributed by atoms with Gasteiger partial charge in [-0.05, 0) is 31.5 Å². The Morgan fingerprint density at radius 1 is 1.39 bits per heavy atom. The predicted molar refractivity (Wildman–Crippen MR) is 85.3 cm³/mol. The Balaban J connectivity index is 1.82. The van der Waals surface area contributed by atoms with Crippen molar-refractivity contribution in [3.8, 4) is 11.5 Å². The molecule has 4 rings (SSSR count). The van der Waals surface area contributed by atoms with Gasteiger partial charge in [-0.15, -0.1) is 0 Å². The molecule has 120 valence electrons. The van der Waals surface area contributed by atoms with Gasteiger partial charge in [-0.25, -0.2) is 4.68 Å². The van der Waals surface area contributed by atoms with Crippen LogP contribution in [0.3, 0.4) is 0 Å². The molecule has 2 aliphatic heterocycles. The molecule has 1 aromatic heterocycles. The van der Waals surface area contributed by atoms with E-state index < -0.39 is 0 Å².